The Morgan fingerprint density at radius 1 is 0.941 bits per heavy atom. The molecule has 178 valence electrons. The molecule has 0 aliphatic heterocycles. The summed E-state index contributed by atoms with van der Waals surface area (Å²) in [5, 5.41) is 3.51. The van der Waals surface area contributed by atoms with E-state index in [4.69, 9.17) is 16.3 Å². The fourth-order valence-corrected chi connectivity index (χ4v) is 3.79. The fraction of sp³-hybridized carbons (Fsp3) is 0.286. The standard InChI is InChI=1S/C28H31ClN2O3/c1-20(2)30-28(33)26(16-22-8-5-4-6-9-22)31(18-23-14-12-21(3)13-15-23)27(32)19-34-25-11-7-10-24(29)17-25/h4-15,17,20,26H,16,18-19H2,1-3H3,(H,30,33)/t26-/m1/s1. The largest absolute Gasteiger partial charge is 0.484 e. The summed E-state index contributed by atoms with van der Waals surface area (Å²) in [5.41, 5.74) is 3.05. The van der Waals surface area contributed by atoms with Crippen LogP contribution >= 0.6 is 11.6 Å². The molecule has 2 amide bonds. The van der Waals surface area contributed by atoms with Gasteiger partial charge in [0.25, 0.3) is 5.91 Å². The quantitative estimate of drug-likeness (QED) is 0.436. The van der Waals surface area contributed by atoms with Crippen molar-refractivity contribution in [1.82, 2.24) is 10.2 Å². The number of hydrogen-bond acceptors (Lipinski definition) is 3. The Kier molecular flexibility index (Phi) is 9.11. The molecule has 0 radical (unpaired) electrons. The van der Waals surface area contributed by atoms with Gasteiger partial charge in [-0.25, -0.2) is 0 Å². The second-order valence-electron chi connectivity index (χ2n) is 8.62. The first-order valence-electron chi connectivity index (χ1n) is 11.4. The molecule has 0 bridgehead atoms. The fourth-order valence-electron chi connectivity index (χ4n) is 3.61. The Morgan fingerprint density at radius 3 is 2.29 bits per heavy atom. The molecular formula is C28H31ClN2O3. The molecule has 5 nitrogen and oxygen atoms in total. The first-order valence-corrected chi connectivity index (χ1v) is 11.8. The van der Waals surface area contributed by atoms with Crippen molar-refractivity contribution in [1.29, 1.82) is 0 Å². The maximum absolute atomic E-state index is 13.5. The van der Waals surface area contributed by atoms with E-state index in [-0.39, 0.29) is 24.5 Å². The highest BCUT2D eigenvalue weighted by Gasteiger charge is 2.31. The van der Waals surface area contributed by atoms with Gasteiger partial charge in [0, 0.05) is 24.0 Å². The van der Waals surface area contributed by atoms with Gasteiger partial charge in [-0.2, -0.15) is 0 Å². The van der Waals surface area contributed by atoms with E-state index < -0.39 is 6.04 Å². The SMILES string of the molecule is Cc1ccc(CN(C(=O)COc2cccc(Cl)c2)[C@H](Cc2ccccc2)C(=O)NC(C)C)cc1. The molecule has 0 aliphatic carbocycles. The molecule has 0 aromatic heterocycles. The number of hydrogen-bond donors (Lipinski definition) is 1. The van der Waals surface area contributed by atoms with Crippen LogP contribution in [0.1, 0.15) is 30.5 Å². The van der Waals surface area contributed by atoms with Crippen LogP contribution in [-0.2, 0) is 22.6 Å². The molecule has 0 saturated heterocycles. The van der Waals surface area contributed by atoms with Gasteiger partial charge in [-0.3, -0.25) is 9.59 Å². The van der Waals surface area contributed by atoms with E-state index in [9.17, 15) is 9.59 Å². The maximum Gasteiger partial charge on any atom is 0.261 e. The lowest BCUT2D eigenvalue weighted by atomic mass is 10.0. The van der Waals surface area contributed by atoms with Gasteiger partial charge < -0.3 is 15.0 Å². The molecule has 0 fully saturated rings. The van der Waals surface area contributed by atoms with Crippen molar-refractivity contribution in [3.8, 4) is 5.75 Å². The van der Waals surface area contributed by atoms with Crippen LogP contribution in [0.3, 0.4) is 0 Å². The summed E-state index contributed by atoms with van der Waals surface area (Å²) < 4.78 is 5.74. The van der Waals surface area contributed by atoms with Crippen molar-refractivity contribution >= 4 is 23.4 Å². The Morgan fingerprint density at radius 2 is 1.65 bits per heavy atom. The molecule has 6 heteroatoms. The molecule has 34 heavy (non-hydrogen) atoms. The average molecular weight is 479 g/mol. The van der Waals surface area contributed by atoms with Gasteiger partial charge in [0.2, 0.25) is 5.91 Å². The second-order valence-corrected chi connectivity index (χ2v) is 9.06. The third-order valence-electron chi connectivity index (χ3n) is 5.33. The zero-order valence-corrected chi connectivity index (χ0v) is 20.6. The number of rotatable bonds is 10. The number of nitrogens with zero attached hydrogens (tertiary/aromatic N) is 1. The summed E-state index contributed by atoms with van der Waals surface area (Å²) in [6, 6.07) is 23.9. The van der Waals surface area contributed by atoms with Crippen molar-refractivity contribution < 1.29 is 14.3 Å². The highest BCUT2D eigenvalue weighted by molar-refractivity contribution is 6.30. The summed E-state index contributed by atoms with van der Waals surface area (Å²) in [7, 11) is 0. The van der Waals surface area contributed by atoms with Gasteiger partial charge in [-0.1, -0.05) is 77.8 Å². The minimum absolute atomic E-state index is 0.0511. The lowest BCUT2D eigenvalue weighted by Gasteiger charge is -2.32. The Balaban J connectivity index is 1.90. The van der Waals surface area contributed by atoms with E-state index in [0.29, 0.717) is 23.7 Å². The van der Waals surface area contributed by atoms with E-state index in [1.165, 1.54) is 0 Å². The van der Waals surface area contributed by atoms with Gasteiger partial charge >= 0.3 is 0 Å². The zero-order valence-electron chi connectivity index (χ0n) is 19.8. The van der Waals surface area contributed by atoms with Crippen molar-refractivity contribution in [2.75, 3.05) is 6.61 Å². The van der Waals surface area contributed by atoms with E-state index >= 15 is 0 Å². The predicted octanol–water partition coefficient (Wildman–Crippen LogP) is 5.19. The molecule has 0 unspecified atom stereocenters. The summed E-state index contributed by atoms with van der Waals surface area (Å²) >= 11 is 6.05. The summed E-state index contributed by atoms with van der Waals surface area (Å²) in [5.74, 6) is 0.0323. The molecule has 0 saturated carbocycles. The number of aryl methyl sites for hydroxylation is 1. The topological polar surface area (TPSA) is 58.6 Å². The van der Waals surface area contributed by atoms with Crippen molar-refractivity contribution in [3.05, 3.63) is 101 Å². The van der Waals surface area contributed by atoms with E-state index in [1.54, 1.807) is 29.2 Å². The number of benzene rings is 3. The lowest BCUT2D eigenvalue weighted by molar-refractivity contribution is -0.143. The van der Waals surface area contributed by atoms with Crippen molar-refractivity contribution in [2.24, 2.45) is 0 Å². The molecule has 3 rings (SSSR count). The third-order valence-corrected chi connectivity index (χ3v) is 5.57. The number of amides is 2. The predicted molar refractivity (Wildman–Crippen MR) is 136 cm³/mol. The number of ether oxygens (including phenoxy) is 1. The monoisotopic (exact) mass is 478 g/mol. The highest BCUT2D eigenvalue weighted by atomic mass is 35.5. The summed E-state index contributed by atoms with van der Waals surface area (Å²) in [4.78, 5) is 28.4. The molecular weight excluding hydrogens is 448 g/mol. The van der Waals surface area contributed by atoms with Crippen LogP contribution in [0.5, 0.6) is 5.75 Å². The zero-order chi connectivity index (χ0) is 24.5. The van der Waals surface area contributed by atoms with Crippen molar-refractivity contribution in [3.63, 3.8) is 0 Å². The molecule has 0 aliphatic rings. The molecule has 0 spiro atoms. The van der Waals surface area contributed by atoms with Crippen LogP contribution in [0.2, 0.25) is 5.02 Å². The number of halogens is 1. The summed E-state index contributed by atoms with van der Waals surface area (Å²) in [6.07, 6.45) is 0.397. The minimum atomic E-state index is -0.693. The van der Waals surface area contributed by atoms with Crippen LogP contribution in [0.15, 0.2) is 78.9 Å². The molecule has 3 aromatic carbocycles. The average Bonchev–Trinajstić information content (AvgIpc) is 2.81. The third kappa shape index (κ3) is 7.63. The van der Waals surface area contributed by atoms with Crippen LogP contribution in [0, 0.1) is 6.92 Å². The van der Waals surface area contributed by atoms with Gasteiger partial charge in [-0.15, -0.1) is 0 Å². The second kappa shape index (κ2) is 12.2. The summed E-state index contributed by atoms with van der Waals surface area (Å²) in [6.45, 7) is 5.92. The normalized spacial score (nSPS) is 11.7. The Labute approximate surface area is 206 Å². The highest BCUT2D eigenvalue weighted by Crippen LogP contribution is 2.19. The first kappa shape index (κ1) is 25.3. The molecule has 0 heterocycles. The van der Waals surface area contributed by atoms with Gasteiger partial charge in [-0.05, 0) is 50.1 Å². The van der Waals surface area contributed by atoms with Gasteiger partial charge in [0.15, 0.2) is 6.61 Å². The minimum Gasteiger partial charge on any atom is -0.484 e. The van der Waals surface area contributed by atoms with Crippen molar-refractivity contribution in [2.45, 2.75) is 45.8 Å². The van der Waals surface area contributed by atoms with Crippen LogP contribution in [-0.4, -0.2) is 35.4 Å². The number of carbonyl (C=O) groups is 2. The lowest BCUT2D eigenvalue weighted by Crippen LogP contribution is -2.52. The Hall–Kier alpha value is -3.31. The molecule has 3 aromatic rings. The first-order chi connectivity index (χ1) is 16.3. The van der Waals surface area contributed by atoms with E-state index in [0.717, 1.165) is 16.7 Å². The van der Waals surface area contributed by atoms with Crippen LogP contribution in [0.25, 0.3) is 0 Å². The number of carbonyl (C=O) groups excluding carboxylic acids is 2. The van der Waals surface area contributed by atoms with E-state index in [1.807, 2.05) is 75.4 Å². The van der Waals surface area contributed by atoms with Gasteiger partial charge in [0.05, 0.1) is 0 Å². The molecule has 1 atom stereocenters. The maximum atomic E-state index is 13.5. The molecule has 1 N–H and O–H groups in total. The van der Waals surface area contributed by atoms with Crippen LogP contribution in [0.4, 0.5) is 0 Å². The van der Waals surface area contributed by atoms with Crippen LogP contribution < -0.4 is 10.1 Å². The van der Waals surface area contributed by atoms with Gasteiger partial charge in [0.1, 0.15) is 11.8 Å². The van der Waals surface area contributed by atoms with E-state index in [2.05, 4.69) is 5.32 Å². The number of nitrogens with one attached hydrogen (secondary N) is 1. The smallest absolute Gasteiger partial charge is 0.261 e. The Bertz CT molecular complexity index is 1080.